The maximum absolute atomic E-state index is 13.0. The number of anilines is 1. The first kappa shape index (κ1) is 16.0. The smallest absolute Gasteiger partial charge is 0.265 e. The number of hydrogen-bond acceptors (Lipinski definition) is 2. The summed E-state index contributed by atoms with van der Waals surface area (Å²) in [6.45, 7) is 1.98. The van der Waals surface area contributed by atoms with Gasteiger partial charge < -0.3 is 10.4 Å². The van der Waals surface area contributed by atoms with Crippen molar-refractivity contribution < 1.29 is 9.90 Å². The summed E-state index contributed by atoms with van der Waals surface area (Å²) in [4.78, 5) is 13.0. The van der Waals surface area contributed by atoms with Crippen LogP contribution in [0.25, 0.3) is 0 Å². The Morgan fingerprint density at radius 1 is 0.792 bits per heavy atom. The molecule has 3 rings (SSSR count). The van der Waals surface area contributed by atoms with Gasteiger partial charge in [-0.1, -0.05) is 78.4 Å². The Labute approximate surface area is 141 Å². The van der Waals surface area contributed by atoms with Crippen LogP contribution >= 0.6 is 0 Å². The van der Waals surface area contributed by atoms with Crippen molar-refractivity contribution in [2.75, 3.05) is 5.32 Å². The summed E-state index contributed by atoms with van der Waals surface area (Å²) in [5.41, 5.74) is 1.06. The van der Waals surface area contributed by atoms with Crippen LogP contribution in [0.1, 0.15) is 16.7 Å². The predicted molar refractivity (Wildman–Crippen MR) is 95.7 cm³/mol. The highest BCUT2D eigenvalue weighted by molar-refractivity contribution is 6.00. The van der Waals surface area contributed by atoms with Gasteiger partial charge in [-0.25, -0.2) is 0 Å². The van der Waals surface area contributed by atoms with E-state index in [-0.39, 0.29) is 0 Å². The highest BCUT2D eigenvalue weighted by Gasteiger charge is 2.39. The molecule has 24 heavy (non-hydrogen) atoms. The van der Waals surface area contributed by atoms with Gasteiger partial charge in [0.2, 0.25) is 0 Å². The summed E-state index contributed by atoms with van der Waals surface area (Å²) in [7, 11) is 0. The van der Waals surface area contributed by atoms with Gasteiger partial charge in [0.1, 0.15) is 0 Å². The third-order valence-corrected chi connectivity index (χ3v) is 4.02. The molecule has 0 atom stereocenters. The van der Waals surface area contributed by atoms with Crippen LogP contribution in [0.15, 0.2) is 84.9 Å². The van der Waals surface area contributed by atoms with Gasteiger partial charge in [0.25, 0.3) is 5.91 Å². The largest absolute Gasteiger partial charge is 0.372 e. The molecule has 0 fully saturated rings. The normalized spacial score (nSPS) is 11.1. The van der Waals surface area contributed by atoms with Crippen molar-refractivity contribution in [2.24, 2.45) is 0 Å². The second kappa shape index (κ2) is 6.69. The summed E-state index contributed by atoms with van der Waals surface area (Å²) < 4.78 is 0. The van der Waals surface area contributed by atoms with Crippen LogP contribution in [0, 0.1) is 6.92 Å². The van der Waals surface area contributed by atoms with E-state index < -0.39 is 11.5 Å². The Morgan fingerprint density at radius 3 is 1.71 bits per heavy atom. The molecule has 0 aromatic heterocycles. The Bertz CT molecular complexity index is 772. The molecule has 3 aromatic carbocycles. The number of amides is 1. The van der Waals surface area contributed by atoms with Crippen LogP contribution in [-0.4, -0.2) is 11.0 Å². The molecular weight excluding hydrogens is 298 g/mol. The average molecular weight is 317 g/mol. The zero-order chi connectivity index (χ0) is 17.0. The van der Waals surface area contributed by atoms with E-state index in [4.69, 9.17) is 0 Å². The molecule has 0 saturated heterocycles. The molecule has 0 unspecified atom stereocenters. The van der Waals surface area contributed by atoms with E-state index in [1.54, 1.807) is 24.3 Å². The maximum atomic E-state index is 13.0. The molecule has 0 radical (unpaired) electrons. The summed E-state index contributed by atoms with van der Waals surface area (Å²) in [6.07, 6.45) is 0. The number of carbonyl (C=O) groups is 1. The second-order valence-electron chi connectivity index (χ2n) is 5.76. The lowest BCUT2D eigenvalue weighted by atomic mass is 9.85. The number of nitrogens with one attached hydrogen (secondary N) is 1. The fraction of sp³-hybridized carbons (Fsp3) is 0.0952. The Balaban J connectivity index is 2.02. The molecule has 120 valence electrons. The van der Waals surface area contributed by atoms with Gasteiger partial charge in [0.05, 0.1) is 0 Å². The molecule has 2 N–H and O–H groups in total. The molecule has 3 heteroatoms. The first-order chi connectivity index (χ1) is 11.6. The lowest BCUT2D eigenvalue weighted by molar-refractivity contribution is -0.131. The Morgan fingerprint density at radius 2 is 1.25 bits per heavy atom. The first-order valence-corrected chi connectivity index (χ1v) is 7.82. The van der Waals surface area contributed by atoms with Crippen LogP contribution < -0.4 is 5.32 Å². The van der Waals surface area contributed by atoms with Crippen molar-refractivity contribution in [1.29, 1.82) is 0 Å². The predicted octanol–water partition coefficient (Wildman–Crippen LogP) is 3.87. The monoisotopic (exact) mass is 317 g/mol. The number of hydrogen-bond donors (Lipinski definition) is 2. The molecule has 1 amide bonds. The fourth-order valence-corrected chi connectivity index (χ4v) is 2.65. The summed E-state index contributed by atoms with van der Waals surface area (Å²) >= 11 is 0. The van der Waals surface area contributed by atoms with Crippen LogP contribution in [0.2, 0.25) is 0 Å². The quantitative estimate of drug-likeness (QED) is 0.767. The van der Waals surface area contributed by atoms with Crippen molar-refractivity contribution in [2.45, 2.75) is 12.5 Å². The number of benzene rings is 3. The molecule has 0 spiro atoms. The van der Waals surface area contributed by atoms with E-state index in [1.807, 2.05) is 67.6 Å². The van der Waals surface area contributed by atoms with E-state index in [1.165, 1.54) is 0 Å². The van der Waals surface area contributed by atoms with Gasteiger partial charge >= 0.3 is 0 Å². The maximum Gasteiger partial charge on any atom is 0.265 e. The van der Waals surface area contributed by atoms with Gasteiger partial charge in [0.15, 0.2) is 5.60 Å². The van der Waals surface area contributed by atoms with Crippen molar-refractivity contribution in [1.82, 2.24) is 0 Å². The van der Waals surface area contributed by atoms with Crippen LogP contribution in [-0.2, 0) is 10.4 Å². The Kier molecular flexibility index (Phi) is 4.45. The number of carbonyl (C=O) groups excluding carboxylic acids is 1. The minimum atomic E-state index is -1.76. The molecule has 0 aliphatic rings. The minimum absolute atomic E-state index is 0.483. The molecule has 0 saturated carbocycles. The van der Waals surface area contributed by atoms with E-state index >= 15 is 0 Å². The summed E-state index contributed by atoms with van der Waals surface area (Å²) in [6, 6.07) is 25.4. The molecular formula is C21H19NO2. The summed E-state index contributed by atoms with van der Waals surface area (Å²) in [5.74, 6) is -0.483. The SMILES string of the molecule is Cc1ccc(NC(=O)C(O)(c2ccccc2)c2ccccc2)cc1. The van der Waals surface area contributed by atoms with Gasteiger partial charge in [-0.2, -0.15) is 0 Å². The standard InChI is InChI=1S/C21H19NO2/c1-16-12-14-19(15-13-16)22-20(23)21(24,17-8-4-2-5-9-17)18-10-6-3-7-11-18/h2-15,24H,1H3,(H,22,23). The number of rotatable bonds is 4. The lowest BCUT2D eigenvalue weighted by Gasteiger charge is -2.28. The van der Waals surface area contributed by atoms with Crippen molar-refractivity contribution in [3.63, 3.8) is 0 Å². The zero-order valence-electron chi connectivity index (χ0n) is 13.4. The Hall–Kier alpha value is -2.91. The average Bonchev–Trinajstić information content (AvgIpc) is 2.64. The van der Waals surface area contributed by atoms with E-state index in [0.717, 1.165) is 5.56 Å². The molecule has 3 nitrogen and oxygen atoms in total. The van der Waals surface area contributed by atoms with Crippen LogP contribution in [0.5, 0.6) is 0 Å². The highest BCUT2D eigenvalue weighted by Crippen LogP contribution is 2.31. The number of aryl methyl sites for hydroxylation is 1. The molecule has 0 aliphatic heterocycles. The van der Waals surface area contributed by atoms with Crippen molar-refractivity contribution >= 4 is 11.6 Å². The van der Waals surface area contributed by atoms with Crippen molar-refractivity contribution in [3.8, 4) is 0 Å². The molecule has 0 heterocycles. The number of aliphatic hydroxyl groups is 1. The van der Waals surface area contributed by atoms with Gasteiger partial charge in [-0.3, -0.25) is 4.79 Å². The third kappa shape index (κ3) is 3.07. The van der Waals surface area contributed by atoms with E-state index in [2.05, 4.69) is 5.32 Å². The van der Waals surface area contributed by atoms with Gasteiger partial charge in [-0.05, 0) is 30.2 Å². The fourth-order valence-electron chi connectivity index (χ4n) is 2.65. The first-order valence-electron chi connectivity index (χ1n) is 7.82. The molecule has 0 aliphatic carbocycles. The lowest BCUT2D eigenvalue weighted by Crippen LogP contribution is -2.41. The topological polar surface area (TPSA) is 49.3 Å². The van der Waals surface area contributed by atoms with Crippen LogP contribution in [0.3, 0.4) is 0 Å². The summed E-state index contributed by atoms with van der Waals surface area (Å²) in [5, 5.41) is 14.1. The molecule has 0 bridgehead atoms. The van der Waals surface area contributed by atoms with Crippen molar-refractivity contribution in [3.05, 3.63) is 102 Å². The van der Waals surface area contributed by atoms with Crippen LogP contribution in [0.4, 0.5) is 5.69 Å². The highest BCUT2D eigenvalue weighted by atomic mass is 16.3. The van der Waals surface area contributed by atoms with E-state index in [9.17, 15) is 9.90 Å². The third-order valence-electron chi connectivity index (χ3n) is 4.02. The molecule has 3 aromatic rings. The van der Waals surface area contributed by atoms with Gasteiger partial charge in [0, 0.05) is 5.69 Å². The van der Waals surface area contributed by atoms with Gasteiger partial charge in [-0.15, -0.1) is 0 Å². The van der Waals surface area contributed by atoms with E-state index in [0.29, 0.717) is 16.8 Å². The second-order valence-corrected chi connectivity index (χ2v) is 5.76. The zero-order valence-corrected chi connectivity index (χ0v) is 13.4. The minimum Gasteiger partial charge on any atom is -0.372 e.